The largest absolute Gasteiger partial charge is 0.396 e. The fourth-order valence-corrected chi connectivity index (χ4v) is 3.57. The van der Waals surface area contributed by atoms with E-state index in [4.69, 9.17) is 5.73 Å². The van der Waals surface area contributed by atoms with Crippen molar-refractivity contribution in [2.45, 2.75) is 32.1 Å². The molecular formula is C22H21F3N2O. The lowest BCUT2D eigenvalue weighted by atomic mass is 9.88. The molecule has 0 bridgehead atoms. The van der Waals surface area contributed by atoms with Gasteiger partial charge in [-0.1, -0.05) is 18.6 Å². The van der Waals surface area contributed by atoms with Gasteiger partial charge in [0, 0.05) is 23.3 Å². The van der Waals surface area contributed by atoms with E-state index in [1.165, 1.54) is 18.2 Å². The molecule has 3 nitrogen and oxygen atoms in total. The van der Waals surface area contributed by atoms with Gasteiger partial charge in [-0.05, 0) is 55.5 Å². The molecule has 2 N–H and O–H groups in total. The second kappa shape index (κ2) is 8.87. The molecule has 3 rings (SSSR count). The first-order valence-corrected chi connectivity index (χ1v) is 9.20. The molecule has 6 heteroatoms. The summed E-state index contributed by atoms with van der Waals surface area (Å²) in [5, 5.41) is 0. The highest BCUT2D eigenvalue weighted by molar-refractivity contribution is 6.06. The lowest BCUT2D eigenvalue weighted by Gasteiger charge is -2.20. The average Bonchev–Trinajstić information content (AvgIpc) is 2.86. The number of hydrogen-bond acceptors (Lipinski definition) is 3. The van der Waals surface area contributed by atoms with Crippen LogP contribution in [0.1, 0.15) is 31.2 Å². The first-order chi connectivity index (χ1) is 13.5. The van der Waals surface area contributed by atoms with Gasteiger partial charge in [0.1, 0.15) is 11.6 Å². The minimum atomic E-state index is -0.787. The molecular weight excluding hydrogens is 365 g/mol. The maximum atomic E-state index is 14.2. The maximum Gasteiger partial charge on any atom is 0.166 e. The number of carbonyl (C=O) groups is 1. The predicted molar refractivity (Wildman–Crippen MR) is 103 cm³/mol. The lowest BCUT2D eigenvalue weighted by molar-refractivity contribution is -0.105. The van der Waals surface area contributed by atoms with Gasteiger partial charge in [-0.15, -0.1) is 0 Å². The first-order valence-electron chi connectivity index (χ1n) is 9.20. The van der Waals surface area contributed by atoms with Crippen LogP contribution in [0.2, 0.25) is 0 Å². The number of hydrogen-bond donors (Lipinski definition) is 1. The van der Waals surface area contributed by atoms with Crippen LogP contribution in [0.15, 0.2) is 58.7 Å². The zero-order valence-corrected chi connectivity index (χ0v) is 15.3. The number of nitrogens with two attached hydrogens (primary N) is 1. The van der Waals surface area contributed by atoms with E-state index in [1.807, 2.05) is 6.07 Å². The van der Waals surface area contributed by atoms with Crippen LogP contribution in [0.4, 0.5) is 18.9 Å². The van der Waals surface area contributed by atoms with Crippen LogP contribution in [0.25, 0.3) is 0 Å². The summed E-state index contributed by atoms with van der Waals surface area (Å²) in [4.78, 5) is 15.8. The minimum Gasteiger partial charge on any atom is -0.396 e. The van der Waals surface area contributed by atoms with Gasteiger partial charge >= 0.3 is 0 Å². The first kappa shape index (κ1) is 19.9. The molecule has 2 aromatic carbocycles. The molecule has 1 aliphatic rings. The van der Waals surface area contributed by atoms with Crippen molar-refractivity contribution in [3.05, 3.63) is 76.7 Å². The molecule has 0 saturated heterocycles. The summed E-state index contributed by atoms with van der Waals surface area (Å²) in [5.41, 5.74) is 7.84. The number of rotatable bonds is 4. The minimum absolute atomic E-state index is 0.0151. The van der Waals surface area contributed by atoms with Gasteiger partial charge in [-0.2, -0.15) is 0 Å². The second-order valence-electron chi connectivity index (χ2n) is 6.92. The molecule has 1 unspecified atom stereocenters. The third-order valence-electron chi connectivity index (χ3n) is 4.92. The van der Waals surface area contributed by atoms with Crippen molar-refractivity contribution < 1.29 is 18.0 Å². The number of carbonyl (C=O) groups excluding carboxylic acids is 1. The van der Waals surface area contributed by atoms with Crippen molar-refractivity contribution in [1.82, 2.24) is 0 Å². The van der Waals surface area contributed by atoms with Crippen LogP contribution in [0, 0.1) is 23.4 Å². The van der Waals surface area contributed by atoms with E-state index >= 15 is 0 Å². The smallest absolute Gasteiger partial charge is 0.166 e. The molecule has 28 heavy (non-hydrogen) atoms. The fourth-order valence-electron chi connectivity index (χ4n) is 3.57. The van der Waals surface area contributed by atoms with Crippen molar-refractivity contribution in [2.24, 2.45) is 16.6 Å². The summed E-state index contributed by atoms with van der Waals surface area (Å²) in [6.45, 7) is 0. The molecule has 1 aliphatic carbocycles. The Morgan fingerprint density at radius 1 is 1.11 bits per heavy atom. The molecule has 146 valence electrons. The van der Waals surface area contributed by atoms with Crippen molar-refractivity contribution in [3.63, 3.8) is 0 Å². The van der Waals surface area contributed by atoms with E-state index in [0.29, 0.717) is 30.4 Å². The van der Waals surface area contributed by atoms with Crippen molar-refractivity contribution in [1.29, 1.82) is 0 Å². The summed E-state index contributed by atoms with van der Waals surface area (Å²) in [7, 11) is 0. The number of benzene rings is 2. The predicted octanol–water partition coefficient (Wildman–Crippen LogP) is 5.02. The van der Waals surface area contributed by atoms with Crippen LogP contribution in [-0.2, 0) is 11.2 Å². The highest BCUT2D eigenvalue weighted by atomic mass is 19.1. The van der Waals surface area contributed by atoms with Crippen molar-refractivity contribution in [3.8, 4) is 0 Å². The third kappa shape index (κ3) is 4.68. The Bertz CT molecular complexity index is 937. The van der Waals surface area contributed by atoms with E-state index in [0.717, 1.165) is 37.0 Å². The molecule has 0 aromatic heterocycles. The van der Waals surface area contributed by atoms with E-state index in [-0.39, 0.29) is 23.1 Å². The van der Waals surface area contributed by atoms with Crippen LogP contribution >= 0.6 is 0 Å². The summed E-state index contributed by atoms with van der Waals surface area (Å²) >= 11 is 0. The zero-order chi connectivity index (χ0) is 20.1. The van der Waals surface area contributed by atoms with Gasteiger partial charge < -0.3 is 5.73 Å². The molecule has 2 aromatic rings. The van der Waals surface area contributed by atoms with E-state index in [1.54, 1.807) is 6.07 Å². The third-order valence-corrected chi connectivity index (χ3v) is 4.92. The number of nitrogens with zero attached hydrogens (tertiary/aromatic N) is 1. The summed E-state index contributed by atoms with van der Waals surface area (Å²) in [6.07, 6.45) is 4.03. The monoisotopic (exact) mass is 386 g/mol. The Hall–Kier alpha value is -2.89. The summed E-state index contributed by atoms with van der Waals surface area (Å²) in [6, 6.07) is 9.43. The number of aldehydes is 1. The number of allylic oxidation sites excluding steroid dienone is 2. The highest BCUT2D eigenvalue weighted by Gasteiger charge is 2.26. The molecule has 0 amide bonds. The number of aliphatic imine (C=N–C) groups is 1. The van der Waals surface area contributed by atoms with Gasteiger partial charge in [0.15, 0.2) is 12.1 Å². The molecule has 0 aliphatic heterocycles. The Labute approximate surface area is 161 Å². The molecule has 0 heterocycles. The van der Waals surface area contributed by atoms with Crippen molar-refractivity contribution >= 4 is 17.7 Å². The maximum absolute atomic E-state index is 14.2. The molecule has 1 saturated carbocycles. The van der Waals surface area contributed by atoms with Gasteiger partial charge in [-0.25, -0.2) is 18.2 Å². The standard InChI is InChI=1S/C22H21F3N2O/c23-16-6-3-4-14(11-16)10-15-5-1-2-7-18(20(26)13-28)22(15)27-21-9-8-17(24)12-19(21)25/h3-4,6,8-9,11-13,15H,1-2,5,7,10,26H2/b20-18-,27-22?. The quantitative estimate of drug-likeness (QED) is 0.456. The van der Waals surface area contributed by atoms with E-state index < -0.39 is 11.6 Å². The zero-order valence-electron chi connectivity index (χ0n) is 15.3. The van der Waals surface area contributed by atoms with Gasteiger partial charge in [0.05, 0.1) is 11.4 Å². The Morgan fingerprint density at radius 3 is 2.61 bits per heavy atom. The van der Waals surface area contributed by atoms with Crippen LogP contribution < -0.4 is 5.73 Å². The average molecular weight is 386 g/mol. The topological polar surface area (TPSA) is 55.5 Å². The Balaban J connectivity index is 2.08. The van der Waals surface area contributed by atoms with E-state index in [9.17, 15) is 18.0 Å². The SMILES string of the molecule is N/C(C=O)=C1/CCCCC(Cc2cccc(F)c2)C1=Nc1ccc(F)cc1F. The molecule has 0 spiro atoms. The highest BCUT2D eigenvalue weighted by Crippen LogP contribution is 2.32. The summed E-state index contributed by atoms with van der Waals surface area (Å²) < 4.78 is 41.1. The van der Waals surface area contributed by atoms with Gasteiger partial charge in [0.2, 0.25) is 0 Å². The molecule has 1 atom stereocenters. The lowest BCUT2D eigenvalue weighted by Crippen LogP contribution is -2.21. The Kier molecular flexibility index (Phi) is 6.29. The van der Waals surface area contributed by atoms with Crippen LogP contribution in [-0.4, -0.2) is 12.0 Å². The van der Waals surface area contributed by atoms with Crippen LogP contribution in [0.3, 0.4) is 0 Å². The van der Waals surface area contributed by atoms with Gasteiger partial charge in [0.25, 0.3) is 0 Å². The molecule has 0 radical (unpaired) electrons. The van der Waals surface area contributed by atoms with E-state index in [2.05, 4.69) is 4.99 Å². The number of halogens is 3. The van der Waals surface area contributed by atoms with Crippen LogP contribution in [0.5, 0.6) is 0 Å². The normalized spacial score (nSPS) is 20.7. The fraction of sp³-hybridized carbons (Fsp3) is 0.273. The Morgan fingerprint density at radius 2 is 1.89 bits per heavy atom. The van der Waals surface area contributed by atoms with Gasteiger partial charge in [-0.3, -0.25) is 4.79 Å². The molecule has 1 fully saturated rings. The second-order valence-corrected chi connectivity index (χ2v) is 6.92. The summed E-state index contributed by atoms with van der Waals surface area (Å²) in [5.74, 6) is -1.98. The van der Waals surface area contributed by atoms with Crippen molar-refractivity contribution in [2.75, 3.05) is 0 Å².